The van der Waals surface area contributed by atoms with E-state index in [1.165, 1.54) is 11.1 Å². The van der Waals surface area contributed by atoms with E-state index in [9.17, 15) is 29.7 Å². The predicted molar refractivity (Wildman–Crippen MR) is 208 cm³/mol. The molecule has 0 bridgehead atoms. The minimum Gasteiger partial charge on any atom is -0.481 e. The van der Waals surface area contributed by atoms with Gasteiger partial charge in [-0.1, -0.05) is 24.3 Å². The van der Waals surface area contributed by atoms with Gasteiger partial charge in [-0.2, -0.15) is 0 Å². The Bertz CT molecular complexity index is 1090. The first-order chi connectivity index (χ1) is 25.6. The summed E-state index contributed by atoms with van der Waals surface area (Å²) in [5.74, 6) is -2.43. The summed E-state index contributed by atoms with van der Waals surface area (Å²) in [5.41, 5.74) is 2.45. The Labute approximate surface area is 319 Å². The standard InChI is InChI=1S/C38H69N5O9Si/c1-4-50-53(51-5-2,52-6-3)31-7-19-39-32-34-12-14-35(15-13-34)33-43-26-10-24-41(29-17-37(46)47)22-8-20-40(28-16-36(44)45)21-9-23-42(25-11-27-43)30-18-38(48)49/h12-15,39H,4-11,16-33H2,1-3H3,(H,44,45)(H,46,47)(H,48,49). The highest BCUT2D eigenvalue weighted by Gasteiger charge is 2.39. The Kier molecular flexibility index (Phi) is 24.7. The molecule has 0 unspecified atom stereocenters. The Balaban J connectivity index is 2.03. The number of carboxylic acid groups (broad SMARTS) is 3. The second-order valence-corrected chi connectivity index (χ2v) is 16.5. The topological polar surface area (TPSA) is 165 Å². The lowest BCUT2D eigenvalue weighted by Crippen LogP contribution is -2.46. The maximum atomic E-state index is 11.4. The lowest BCUT2D eigenvalue weighted by atomic mass is 10.1. The summed E-state index contributed by atoms with van der Waals surface area (Å²) < 4.78 is 17.9. The fourth-order valence-electron chi connectivity index (χ4n) is 6.79. The van der Waals surface area contributed by atoms with Gasteiger partial charge in [0.2, 0.25) is 0 Å². The average Bonchev–Trinajstić information content (AvgIpc) is 3.11. The lowest BCUT2D eigenvalue weighted by molar-refractivity contribution is -0.138. The molecule has 1 saturated heterocycles. The van der Waals surface area contributed by atoms with Gasteiger partial charge >= 0.3 is 26.7 Å². The van der Waals surface area contributed by atoms with Gasteiger partial charge in [0.05, 0.1) is 19.3 Å². The number of carboxylic acids is 3. The smallest absolute Gasteiger partial charge is 0.481 e. The third kappa shape index (κ3) is 21.9. The molecule has 0 aliphatic carbocycles. The Morgan fingerprint density at radius 2 is 0.962 bits per heavy atom. The summed E-state index contributed by atoms with van der Waals surface area (Å²) in [6.45, 7) is 17.8. The average molecular weight is 768 g/mol. The molecule has 1 aromatic rings. The Morgan fingerprint density at radius 1 is 0.604 bits per heavy atom. The molecule has 0 amide bonds. The van der Waals surface area contributed by atoms with Crippen LogP contribution in [0.3, 0.4) is 0 Å². The Morgan fingerprint density at radius 3 is 1.32 bits per heavy atom. The third-order valence-electron chi connectivity index (χ3n) is 9.41. The van der Waals surface area contributed by atoms with Gasteiger partial charge in [0.1, 0.15) is 0 Å². The van der Waals surface area contributed by atoms with Crippen molar-refractivity contribution >= 4 is 26.7 Å². The van der Waals surface area contributed by atoms with Crippen molar-refractivity contribution < 1.29 is 43.0 Å². The van der Waals surface area contributed by atoms with Crippen LogP contribution < -0.4 is 5.32 Å². The van der Waals surface area contributed by atoms with Gasteiger partial charge in [0.15, 0.2) is 0 Å². The summed E-state index contributed by atoms with van der Waals surface area (Å²) >= 11 is 0. The van der Waals surface area contributed by atoms with Crippen LogP contribution >= 0.6 is 0 Å². The van der Waals surface area contributed by atoms with E-state index in [2.05, 4.69) is 49.2 Å². The van der Waals surface area contributed by atoms with E-state index in [4.69, 9.17) is 13.3 Å². The minimum atomic E-state index is -2.63. The van der Waals surface area contributed by atoms with Crippen molar-refractivity contribution in [1.82, 2.24) is 24.9 Å². The molecule has 304 valence electrons. The first kappa shape index (κ1) is 46.7. The van der Waals surface area contributed by atoms with Crippen LogP contribution in [-0.4, -0.2) is 160 Å². The van der Waals surface area contributed by atoms with Crippen LogP contribution in [0.4, 0.5) is 0 Å². The normalized spacial score (nSPS) is 17.2. The highest BCUT2D eigenvalue weighted by Crippen LogP contribution is 2.18. The van der Waals surface area contributed by atoms with Crippen LogP contribution in [0.25, 0.3) is 0 Å². The van der Waals surface area contributed by atoms with Gasteiger partial charge in [0, 0.05) is 58.6 Å². The molecule has 0 spiro atoms. The zero-order chi connectivity index (χ0) is 38.7. The molecule has 15 heteroatoms. The van der Waals surface area contributed by atoms with E-state index in [0.29, 0.717) is 39.5 Å². The summed E-state index contributed by atoms with van der Waals surface area (Å²) in [6.07, 6.45) is 4.60. The number of hydrogen-bond acceptors (Lipinski definition) is 11. The van der Waals surface area contributed by atoms with E-state index in [-0.39, 0.29) is 19.3 Å². The molecule has 1 aromatic carbocycles. The lowest BCUT2D eigenvalue weighted by Gasteiger charge is -2.30. The zero-order valence-electron chi connectivity index (χ0n) is 32.8. The van der Waals surface area contributed by atoms with Crippen LogP contribution in [-0.2, 0) is 40.8 Å². The summed E-state index contributed by atoms with van der Waals surface area (Å²) in [7, 11) is -2.63. The zero-order valence-corrected chi connectivity index (χ0v) is 33.8. The van der Waals surface area contributed by atoms with Crippen molar-refractivity contribution in [3.63, 3.8) is 0 Å². The molecular weight excluding hydrogens is 699 g/mol. The number of hydrogen-bond donors (Lipinski definition) is 4. The van der Waals surface area contributed by atoms with Crippen LogP contribution in [0.15, 0.2) is 24.3 Å². The van der Waals surface area contributed by atoms with E-state index >= 15 is 0 Å². The molecule has 2 rings (SSSR count). The van der Waals surface area contributed by atoms with Crippen LogP contribution in [0.2, 0.25) is 6.04 Å². The summed E-state index contributed by atoms with van der Waals surface area (Å²) in [4.78, 5) is 43.2. The maximum Gasteiger partial charge on any atom is 0.500 e. The highest BCUT2D eigenvalue weighted by molar-refractivity contribution is 6.60. The minimum absolute atomic E-state index is 0.0722. The second kappa shape index (κ2) is 28.0. The molecule has 1 heterocycles. The second-order valence-electron chi connectivity index (χ2n) is 13.7. The number of aliphatic carboxylic acids is 3. The van der Waals surface area contributed by atoms with Gasteiger partial charge < -0.3 is 48.6 Å². The van der Waals surface area contributed by atoms with Crippen LogP contribution in [0.5, 0.6) is 0 Å². The number of rotatable bonds is 23. The van der Waals surface area contributed by atoms with Crippen molar-refractivity contribution in [3.8, 4) is 0 Å². The van der Waals surface area contributed by atoms with E-state index in [1.54, 1.807) is 0 Å². The van der Waals surface area contributed by atoms with E-state index in [1.807, 2.05) is 20.8 Å². The van der Waals surface area contributed by atoms with E-state index in [0.717, 1.165) is 110 Å². The number of carbonyl (C=O) groups is 3. The molecule has 1 aliphatic heterocycles. The van der Waals surface area contributed by atoms with Gasteiger partial charge in [0.25, 0.3) is 0 Å². The monoisotopic (exact) mass is 767 g/mol. The molecule has 0 aromatic heterocycles. The largest absolute Gasteiger partial charge is 0.500 e. The van der Waals surface area contributed by atoms with Crippen molar-refractivity contribution in [2.24, 2.45) is 0 Å². The van der Waals surface area contributed by atoms with Crippen LogP contribution in [0.1, 0.15) is 83.3 Å². The molecule has 53 heavy (non-hydrogen) atoms. The van der Waals surface area contributed by atoms with Crippen molar-refractivity contribution in [2.75, 3.05) is 98.4 Å². The predicted octanol–water partition coefficient (Wildman–Crippen LogP) is 3.92. The molecule has 0 saturated carbocycles. The highest BCUT2D eigenvalue weighted by atomic mass is 28.4. The number of nitrogens with one attached hydrogen (secondary N) is 1. The van der Waals surface area contributed by atoms with Crippen molar-refractivity contribution in [1.29, 1.82) is 0 Å². The summed E-state index contributed by atoms with van der Waals surface area (Å²) in [6, 6.07) is 9.54. The van der Waals surface area contributed by atoms with Gasteiger partial charge in [-0.3, -0.25) is 19.3 Å². The molecule has 0 atom stereocenters. The molecule has 0 radical (unpaired) electrons. The fraction of sp³-hybridized carbons (Fsp3) is 0.763. The fourth-order valence-corrected chi connectivity index (χ4v) is 9.41. The van der Waals surface area contributed by atoms with Crippen molar-refractivity contribution in [3.05, 3.63) is 35.4 Å². The first-order valence-electron chi connectivity index (χ1n) is 19.8. The third-order valence-corrected chi connectivity index (χ3v) is 12.6. The molecule has 14 nitrogen and oxygen atoms in total. The van der Waals surface area contributed by atoms with Gasteiger partial charge in [-0.15, -0.1) is 0 Å². The number of benzene rings is 1. The molecular formula is C38H69N5O9Si. The Hall–Kier alpha value is -2.47. The SMILES string of the molecule is CCO[Si](CCCNCc1ccc(CN2CCCN(CCC(=O)O)CCCN(CCC(=O)O)CCCN(CCC(=O)O)CCC2)cc1)(OCC)OCC. The molecule has 1 fully saturated rings. The molecule has 4 N–H and O–H groups in total. The first-order valence-corrected chi connectivity index (χ1v) is 21.8. The van der Waals surface area contributed by atoms with E-state index < -0.39 is 26.7 Å². The quantitative estimate of drug-likeness (QED) is 0.0936. The van der Waals surface area contributed by atoms with Gasteiger partial charge in [-0.05, 0) is 123 Å². The van der Waals surface area contributed by atoms with Crippen LogP contribution in [0, 0.1) is 0 Å². The number of nitrogens with zero attached hydrogens (tertiary/aromatic N) is 4. The maximum absolute atomic E-state index is 11.4. The summed E-state index contributed by atoms with van der Waals surface area (Å²) in [5, 5.41) is 31.5. The van der Waals surface area contributed by atoms with Crippen molar-refractivity contribution in [2.45, 2.75) is 91.3 Å². The molecule has 1 aliphatic rings. The van der Waals surface area contributed by atoms with Gasteiger partial charge in [-0.25, -0.2) is 0 Å².